The number of aryl methyl sites for hydroxylation is 1. The van der Waals surface area contributed by atoms with Crippen LogP contribution in [0.4, 0.5) is 0 Å². The Morgan fingerprint density at radius 3 is 2.94 bits per heavy atom. The van der Waals surface area contributed by atoms with Crippen molar-refractivity contribution in [2.24, 2.45) is 0 Å². The normalized spacial score (nSPS) is 9.78. The second-order valence-electron chi connectivity index (χ2n) is 3.70. The molecule has 0 atom stereocenters. The van der Waals surface area contributed by atoms with Crippen LogP contribution in [0.25, 0.3) is 0 Å². The van der Waals surface area contributed by atoms with Gasteiger partial charge in [0.1, 0.15) is 11.8 Å². The molecule has 0 aliphatic rings. The Bertz CT molecular complexity index is 599. The van der Waals surface area contributed by atoms with E-state index in [0.29, 0.717) is 23.5 Å². The fourth-order valence-corrected chi connectivity index (χ4v) is 2.12. The second kappa shape index (κ2) is 5.43. The number of amides is 1. The molecule has 2 aromatic heterocycles. The van der Waals surface area contributed by atoms with Crippen LogP contribution in [-0.2, 0) is 6.54 Å². The molecule has 0 bridgehead atoms. The standard InChI is InChI=1S/C13H11N3OS/c1-9-10(7-14)4-5-12(16-9)13(17)15-8-11-3-2-6-18-11/h2-6H,8H2,1H3,(H,15,17). The van der Waals surface area contributed by atoms with Gasteiger partial charge in [-0.3, -0.25) is 4.79 Å². The Kier molecular flexibility index (Phi) is 3.70. The number of carbonyl (C=O) groups is 1. The predicted molar refractivity (Wildman–Crippen MR) is 69.2 cm³/mol. The molecule has 0 saturated heterocycles. The van der Waals surface area contributed by atoms with Crippen molar-refractivity contribution in [3.8, 4) is 6.07 Å². The maximum absolute atomic E-state index is 11.8. The summed E-state index contributed by atoms with van der Waals surface area (Å²) in [5.41, 5.74) is 1.40. The van der Waals surface area contributed by atoms with Gasteiger partial charge < -0.3 is 5.32 Å². The van der Waals surface area contributed by atoms with Crippen molar-refractivity contribution < 1.29 is 4.79 Å². The Balaban J connectivity index is 2.05. The molecule has 2 aromatic rings. The molecule has 0 aliphatic carbocycles. The molecule has 0 fully saturated rings. The number of rotatable bonds is 3. The molecule has 1 N–H and O–H groups in total. The van der Waals surface area contributed by atoms with Gasteiger partial charge >= 0.3 is 0 Å². The van der Waals surface area contributed by atoms with Crippen molar-refractivity contribution in [2.75, 3.05) is 0 Å². The molecule has 0 aliphatic heterocycles. The van der Waals surface area contributed by atoms with E-state index in [4.69, 9.17) is 5.26 Å². The van der Waals surface area contributed by atoms with E-state index in [1.165, 1.54) is 0 Å². The van der Waals surface area contributed by atoms with Crippen molar-refractivity contribution >= 4 is 17.2 Å². The number of aromatic nitrogens is 1. The van der Waals surface area contributed by atoms with Crippen LogP contribution < -0.4 is 5.32 Å². The molecule has 5 heteroatoms. The summed E-state index contributed by atoms with van der Waals surface area (Å²) in [4.78, 5) is 17.0. The molecule has 0 aromatic carbocycles. The van der Waals surface area contributed by atoms with E-state index in [1.54, 1.807) is 30.4 Å². The Morgan fingerprint density at radius 1 is 1.50 bits per heavy atom. The maximum Gasteiger partial charge on any atom is 0.270 e. The fraction of sp³-hybridized carbons (Fsp3) is 0.154. The van der Waals surface area contributed by atoms with Gasteiger partial charge in [0.15, 0.2) is 0 Å². The van der Waals surface area contributed by atoms with E-state index in [9.17, 15) is 4.79 Å². The fourth-order valence-electron chi connectivity index (χ4n) is 1.48. The third-order valence-corrected chi connectivity index (χ3v) is 3.32. The molecule has 18 heavy (non-hydrogen) atoms. The summed E-state index contributed by atoms with van der Waals surface area (Å²) in [6, 6.07) is 9.10. The van der Waals surface area contributed by atoms with Gasteiger partial charge in [0.2, 0.25) is 0 Å². The second-order valence-corrected chi connectivity index (χ2v) is 4.74. The third kappa shape index (κ3) is 2.73. The number of nitriles is 1. The minimum atomic E-state index is -0.226. The van der Waals surface area contributed by atoms with Crippen LogP contribution >= 0.6 is 11.3 Å². The first-order chi connectivity index (χ1) is 8.70. The van der Waals surface area contributed by atoms with Gasteiger partial charge in [-0.05, 0) is 30.5 Å². The molecule has 0 unspecified atom stereocenters. The monoisotopic (exact) mass is 257 g/mol. The molecule has 2 heterocycles. The van der Waals surface area contributed by atoms with Gasteiger partial charge in [0.25, 0.3) is 5.91 Å². The highest BCUT2D eigenvalue weighted by Gasteiger charge is 2.09. The van der Waals surface area contributed by atoms with Crippen molar-refractivity contribution in [1.29, 1.82) is 5.26 Å². The summed E-state index contributed by atoms with van der Waals surface area (Å²) in [6.07, 6.45) is 0. The number of nitrogens with zero attached hydrogens (tertiary/aromatic N) is 2. The van der Waals surface area contributed by atoms with E-state index in [1.807, 2.05) is 23.6 Å². The van der Waals surface area contributed by atoms with E-state index >= 15 is 0 Å². The van der Waals surface area contributed by atoms with Crippen molar-refractivity contribution in [2.45, 2.75) is 13.5 Å². The van der Waals surface area contributed by atoms with Crippen LogP contribution in [-0.4, -0.2) is 10.9 Å². The Morgan fingerprint density at radius 2 is 2.33 bits per heavy atom. The van der Waals surface area contributed by atoms with Crippen LogP contribution in [0.5, 0.6) is 0 Å². The number of thiophene rings is 1. The molecule has 0 radical (unpaired) electrons. The smallest absolute Gasteiger partial charge is 0.270 e. The summed E-state index contributed by atoms with van der Waals surface area (Å²) in [5, 5.41) is 13.5. The number of nitrogens with one attached hydrogen (secondary N) is 1. The number of carbonyl (C=O) groups excluding carboxylic acids is 1. The van der Waals surface area contributed by atoms with E-state index in [2.05, 4.69) is 10.3 Å². The molecule has 2 rings (SSSR count). The van der Waals surface area contributed by atoms with Crippen LogP contribution in [0.2, 0.25) is 0 Å². The molecular weight excluding hydrogens is 246 g/mol. The highest BCUT2D eigenvalue weighted by atomic mass is 32.1. The topological polar surface area (TPSA) is 65.8 Å². The highest BCUT2D eigenvalue weighted by molar-refractivity contribution is 7.09. The van der Waals surface area contributed by atoms with Crippen LogP contribution in [0.3, 0.4) is 0 Å². The Labute approximate surface area is 109 Å². The first-order valence-electron chi connectivity index (χ1n) is 5.39. The summed E-state index contributed by atoms with van der Waals surface area (Å²) in [7, 11) is 0. The summed E-state index contributed by atoms with van der Waals surface area (Å²) in [5.74, 6) is -0.226. The van der Waals surface area contributed by atoms with Crippen LogP contribution in [0, 0.1) is 18.3 Å². The molecule has 4 nitrogen and oxygen atoms in total. The number of hydrogen-bond acceptors (Lipinski definition) is 4. The van der Waals surface area contributed by atoms with Gasteiger partial charge in [-0.15, -0.1) is 11.3 Å². The van der Waals surface area contributed by atoms with Crippen LogP contribution in [0.15, 0.2) is 29.6 Å². The average Bonchev–Trinajstić information content (AvgIpc) is 2.89. The molecular formula is C13H11N3OS. The van der Waals surface area contributed by atoms with Crippen molar-refractivity contribution in [1.82, 2.24) is 10.3 Å². The molecule has 0 spiro atoms. The summed E-state index contributed by atoms with van der Waals surface area (Å²) < 4.78 is 0. The predicted octanol–water partition coefficient (Wildman–Crippen LogP) is 2.25. The average molecular weight is 257 g/mol. The molecule has 90 valence electrons. The maximum atomic E-state index is 11.8. The summed E-state index contributed by atoms with van der Waals surface area (Å²) in [6.45, 7) is 2.21. The summed E-state index contributed by atoms with van der Waals surface area (Å²) >= 11 is 1.59. The lowest BCUT2D eigenvalue weighted by molar-refractivity contribution is 0.0946. The van der Waals surface area contributed by atoms with E-state index < -0.39 is 0 Å². The molecule has 1 amide bonds. The lowest BCUT2D eigenvalue weighted by Crippen LogP contribution is -2.23. The first-order valence-corrected chi connectivity index (χ1v) is 6.27. The molecule has 0 saturated carbocycles. The van der Waals surface area contributed by atoms with Gasteiger partial charge in [-0.2, -0.15) is 5.26 Å². The minimum Gasteiger partial charge on any atom is -0.346 e. The van der Waals surface area contributed by atoms with Gasteiger partial charge in [0.05, 0.1) is 17.8 Å². The van der Waals surface area contributed by atoms with Gasteiger partial charge in [0, 0.05) is 4.88 Å². The zero-order valence-corrected chi connectivity index (χ0v) is 10.6. The van der Waals surface area contributed by atoms with Gasteiger partial charge in [-0.1, -0.05) is 6.07 Å². The largest absolute Gasteiger partial charge is 0.346 e. The first kappa shape index (κ1) is 12.3. The number of pyridine rings is 1. The highest BCUT2D eigenvalue weighted by Crippen LogP contribution is 2.09. The SMILES string of the molecule is Cc1nc(C(=O)NCc2cccs2)ccc1C#N. The van der Waals surface area contributed by atoms with Crippen LogP contribution in [0.1, 0.15) is 26.6 Å². The quantitative estimate of drug-likeness (QED) is 0.917. The minimum absolute atomic E-state index is 0.226. The van der Waals surface area contributed by atoms with Crippen molar-refractivity contribution in [3.63, 3.8) is 0 Å². The zero-order valence-electron chi connectivity index (χ0n) is 9.80. The van der Waals surface area contributed by atoms with E-state index in [0.717, 1.165) is 4.88 Å². The zero-order chi connectivity index (χ0) is 13.0. The third-order valence-electron chi connectivity index (χ3n) is 2.44. The number of hydrogen-bond donors (Lipinski definition) is 1. The van der Waals surface area contributed by atoms with Gasteiger partial charge in [-0.25, -0.2) is 4.98 Å². The Hall–Kier alpha value is -2.19. The van der Waals surface area contributed by atoms with Crippen molar-refractivity contribution in [3.05, 3.63) is 51.5 Å². The lowest BCUT2D eigenvalue weighted by atomic mass is 10.2. The van der Waals surface area contributed by atoms with E-state index in [-0.39, 0.29) is 5.91 Å². The lowest BCUT2D eigenvalue weighted by Gasteiger charge is -2.04.